The van der Waals surface area contributed by atoms with Crippen molar-refractivity contribution < 1.29 is 4.79 Å². The summed E-state index contributed by atoms with van der Waals surface area (Å²) in [6, 6.07) is 9.65. The number of hydrogen-bond donors (Lipinski definition) is 1. The summed E-state index contributed by atoms with van der Waals surface area (Å²) in [6.07, 6.45) is 0. The van der Waals surface area contributed by atoms with Gasteiger partial charge in [0.25, 0.3) is 0 Å². The van der Waals surface area contributed by atoms with E-state index in [1.165, 1.54) is 16.9 Å². The van der Waals surface area contributed by atoms with Gasteiger partial charge in [-0.1, -0.05) is 29.0 Å². The molecule has 0 aliphatic heterocycles. The van der Waals surface area contributed by atoms with Crippen molar-refractivity contribution in [3.8, 4) is 0 Å². The molecule has 3 rings (SSSR count). The molecule has 21 heavy (non-hydrogen) atoms. The minimum Gasteiger partial charge on any atom is -0.375 e. The first-order valence-electron chi connectivity index (χ1n) is 6.74. The van der Waals surface area contributed by atoms with Crippen LogP contribution in [0.3, 0.4) is 0 Å². The molecule has 3 nitrogen and oxygen atoms in total. The zero-order valence-electron chi connectivity index (χ0n) is 12.2. The van der Waals surface area contributed by atoms with Gasteiger partial charge in [0.2, 0.25) is 0 Å². The van der Waals surface area contributed by atoms with Gasteiger partial charge in [0.15, 0.2) is 10.9 Å². The van der Waals surface area contributed by atoms with Crippen LogP contribution in [0.4, 0.5) is 5.13 Å². The molecule has 0 bridgehead atoms. The van der Waals surface area contributed by atoms with Crippen LogP contribution in [-0.2, 0) is 0 Å². The van der Waals surface area contributed by atoms with Gasteiger partial charge in [-0.25, -0.2) is 4.98 Å². The number of rotatable bonds is 2. The summed E-state index contributed by atoms with van der Waals surface area (Å²) in [4.78, 5) is 17.0. The van der Waals surface area contributed by atoms with Crippen molar-refractivity contribution >= 4 is 32.5 Å². The second-order valence-corrected chi connectivity index (χ2v) is 6.40. The number of nitrogens with two attached hydrogens (primary N) is 1. The molecule has 0 saturated heterocycles. The number of ketones is 1. The lowest BCUT2D eigenvalue weighted by atomic mass is 9.93. The van der Waals surface area contributed by atoms with Crippen LogP contribution in [-0.4, -0.2) is 10.8 Å². The van der Waals surface area contributed by atoms with E-state index in [-0.39, 0.29) is 5.78 Å². The number of hydrogen-bond acceptors (Lipinski definition) is 4. The van der Waals surface area contributed by atoms with Crippen LogP contribution in [0.1, 0.15) is 32.6 Å². The van der Waals surface area contributed by atoms with Gasteiger partial charge >= 0.3 is 0 Å². The second kappa shape index (κ2) is 4.97. The maximum absolute atomic E-state index is 12.8. The fourth-order valence-corrected chi connectivity index (χ4v) is 3.54. The molecule has 0 radical (unpaired) electrons. The molecule has 0 aliphatic carbocycles. The highest BCUT2D eigenvalue weighted by Gasteiger charge is 2.16. The van der Waals surface area contributed by atoms with E-state index in [0.717, 1.165) is 26.9 Å². The quantitative estimate of drug-likeness (QED) is 0.726. The number of anilines is 1. The summed E-state index contributed by atoms with van der Waals surface area (Å²) in [5.74, 6) is 0.0545. The Labute approximate surface area is 127 Å². The molecule has 0 aliphatic rings. The van der Waals surface area contributed by atoms with Gasteiger partial charge in [0, 0.05) is 11.1 Å². The molecule has 2 aromatic carbocycles. The smallest absolute Gasteiger partial charge is 0.193 e. The van der Waals surface area contributed by atoms with Crippen LogP contribution in [0.15, 0.2) is 30.3 Å². The second-order valence-electron chi connectivity index (χ2n) is 5.34. The number of thiazole rings is 1. The summed E-state index contributed by atoms with van der Waals surface area (Å²) in [6.45, 7) is 6.01. The van der Waals surface area contributed by atoms with Crippen molar-refractivity contribution in [3.05, 3.63) is 58.1 Å². The Kier molecular flexibility index (Phi) is 3.26. The number of nitrogen functional groups attached to an aromatic ring is 1. The topological polar surface area (TPSA) is 56.0 Å². The number of aromatic nitrogens is 1. The normalized spacial score (nSPS) is 11.0. The lowest BCUT2D eigenvalue weighted by molar-refractivity contribution is 0.103. The standard InChI is InChI=1S/C17H16N2OS/c1-9-6-10(2)15(11(3)7-9)16(20)12-4-5-13-14(8-12)21-17(18)19-13/h4-8H,1-3H3,(H2,18,19). The summed E-state index contributed by atoms with van der Waals surface area (Å²) in [5.41, 5.74) is 11.2. The van der Waals surface area contributed by atoms with Gasteiger partial charge in [-0.15, -0.1) is 0 Å². The summed E-state index contributed by atoms with van der Waals surface area (Å²) in [5, 5.41) is 0.525. The van der Waals surface area contributed by atoms with Gasteiger partial charge in [-0.2, -0.15) is 0 Å². The zero-order valence-corrected chi connectivity index (χ0v) is 13.0. The van der Waals surface area contributed by atoms with Crippen molar-refractivity contribution in [3.63, 3.8) is 0 Å². The highest BCUT2D eigenvalue weighted by molar-refractivity contribution is 7.22. The molecule has 4 heteroatoms. The van der Waals surface area contributed by atoms with E-state index in [4.69, 9.17) is 5.73 Å². The van der Waals surface area contributed by atoms with Crippen LogP contribution in [0, 0.1) is 20.8 Å². The molecule has 1 heterocycles. The number of carbonyl (C=O) groups is 1. The lowest BCUT2D eigenvalue weighted by Gasteiger charge is -2.10. The lowest BCUT2D eigenvalue weighted by Crippen LogP contribution is -2.06. The SMILES string of the molecule is Cc1cc(C)c(C(=O)c2ccc3nc(N)sc3c2)c(C)c1. The minimum atomic E-state index is 0.0545. The third kappa shape index (κ3) is 2.43. The Balaban J connectivity index is 2.12. The molecular weight excluding hydrogens is 280 g/mol. The zero-order chi connectivity index (χ0) is 15.1. The number of aryl methyl sites for hydroxylation is 3. The molecule has 3 aromatic rings. The molecule has 0 saturated carbocycles. The maximum atomic E-state index is 12.8. The number of fused-ring (bicyclic) bond motifs is 1. The fourth-order valence-electron chi connectivity index (χ4n) is 2.77. The van der Waals surface area contributed by atoms with Crippen LogP contribution in [0.2, 0.25) is 0 Å². The first kappa shape index (κ1) is 13.8. The van der Waals surface area contributed by atoms with Crippen molar-refractivity contribution in [2.45, 2.75) is 20.8 Å². The molecule has 0 amide bonds. The Morgan fingerprint density at radius 3 is 2.43 bits per heavy atom. The highest BCUT2D eigenvalue weighted by Crippen LogP contribution is 2.27. The van der Waals surface area contributed by atoms with Crippen LogP contribution in [0.25, 0.3) is 10.2 Å². The van der Waals surface area contributed by atoms with E-state index in [1.807, 2.05) is 51.1 Å². The van der Waals surface area contributed by atoms with Gasteiger partial charge in [0.05, 0.1) is 10.2 Å². The third-order valence-corrected chi connectivity index (χ3v) is 4.42. The molecule has 0 spiro atoms. The Morgan fingerprint density at radius 1 is 1.10 bits per heavy atom. The van der Waals surface area contributed by atoms with Crippen molar-refractivity contribution in [1.29, 1.82) is 0 Å². The van der Waals surface area contributed by atoms with E-state index < -0.39 is 0 Å². The highest BCUT2D eigenvalue weighted by atomic mass is 32.1. The van der Waals surface area contributed by atoms with Crippen LogP contribution < -0.4 is 5.73 Å². The first-order valence-corrected chi connectivity index (χ1v) is 7.56. The predicted octanol–water partition coefficient (Wildman–Crippen LogP) is 4.03. The molecule has 2 N–H and O–H groups in total. The summed E-state index contributed by atoms with van der Waals surface area (Å²) in [7, 11) is 0. The Hall–Kier alpha value is -2.20. The average molecular weight is 296 g/mol. The molecule has 0 atom stereocenters. The molecule has 106 valence electrons. The van der Waals surface area contributed by atoms with Crippen LogP contribution in [0.5, 0.6) is 0 Å². The average Bonchev–Trinajstić information content (AvgIpc) is 2.76. The third-order valence-electron chi connectivity index (χ3n) is 3.57. The molecular formula is C17H16N2OS. The summed E-state index contributed by atoms with van der Waals surface area (Å²) >= 11 is 1.40. The van der Waals surface area contributed by atoms with E-state index in [9.17, 15) is 4.79 Å². The number of nitrogens with zero attached hydrogens (tertiary/aromatic N) is 1. The van der Waals surface area contributed by atoms with E-state index in [0.29, 0.717) is 10.7 Å². The Bertz CT molecular complexity index is 841. The summed E-state index contributed by atoms with van der Waals surface area (Å²) < 4.78 is 0.945. The monoisotopic (exact) mass is 296 g/mol. The largest absolute Gasteiger partial charge is 0.375 e. The predicted molar refractivity (Wildman–Crippen MR) is 88.1 cm³/mol. The van der Waals surface area contributed by atoms with Gasteiger partial charge in [-0.05, 0) is 50.1 Å². The molecule has 0 unspecified atom stereocenters. The minimum absolute atomic E-state index is 0.0545. The Morgan fingerprint density at radius 2 is 1.76 bits per heavy atom. The molecule has 0 fully saturated rings. The number of benzene rings is 2. The van der Waals surface area contributed by atoms with Gasteiger partial charge in [0.1, 0.15) is 0 Å². The van der Waals surface area contributed by atoms with E-state index in [2.05, 4.69) is 4.98 Å². The first-order chi connectivity index (χ1) is 9.95. The number of carbonyl (C=O) groups excluding carboxylic acids is 1. The maximum Gasteiger partial charge on any atom is 0.193 e. The van der Waals surface area contributed by atoms with E-state index >= 15 is 0 Å². The van der Waals surface area contributed by atoms with Crippen molar-refractivity contribution in [2.24, 2.45) is 0 Å². The van der Waals surface area contributed by atoms with Crippen molar-refractivity contribution in [1.82, 2.24) is 4.98 Å². The van der Waals surface area contributed by atoms with Crippen molar-refractivity contribution in [2.75, 3.05) is 5.73 Å². The molecule has 1 aromatic heterocycles. The van der Waals surface area contributed by atoms with E-state index in [1.54, 1.807) is 0 Å². The van der Waals surface area contributed by atoms with Gasteiger partial charge in [-0.3, -0.25) is 4.79 Å². The fraction of sp³-hybridized carbons (Fsp3) is 0.176. The van der Waals surface area contributed by atoms with Gasteiger partial charge < -0.3 is 5.73 Å². The van der Waals surface area contributed by atoms with Crippen LogP contribution >= 0.6 is 11.3 Å².